The standard InChI is InChI=1S/C17H15N3O2S/c1-19(12-6-4-3-5-7-12)15(21)11-8-9-13-14(10-11)18-17(23)20(2)16(13)22/h3-10H,1-2H3,(H,18,23). The van der Waals surface area contributed by atoms with Crippen molar-refractivity contribution in [1.29, 1.82) is 0 Å². The Morgan fingerprint density at radius 3 is 2.57 bits per heavy atom. The molecule has 1 N–H and O–H groups in total. The maximum absolute atomic E-state index is 12.6. The topological polar surface area (TPSA) is 58.1 Å². The summed E-state index contributed by atoms with van der Waals surface area (Å²) in [6.45, 7) is 0. The number of aromatic nitrogens is 2. The monoisotopic (exact) mass is 325 g/mol. The summed E-state index contributed by atoms with van der Waals surface area (Å²) in [4.78, 5) is 29.3. The van der Waals surface area contributed by atoms with Gasteiger partial charge >= 0.3 is 0 Å². The molecule has 116 valence electrons. The maximum atomic E-state index is 12.6. The zero-order valence-corrected chi connectivity index (χ0v) is 13.6. The summed E-state index contributed by atoms with van der Waals surface area (Å²) in [6.07, 6.45) is 0. The van der Waals surface area contributed by atoms with Crippen LogP contribution in [-0.4, -0.2) is 22.5 Å². The van der Waals surface area contributed by atoms with Crippen LogP contribution < -0.4 is 10.5 Å². The van der Waals surface area contributed by atoms with Crippen LogP contribution >= 0.6 is 12.2 Å². The van der Waals surface area contributed by atoms with Crippen molar-refractivity contribution in [2.75, 3.05) is 11.9 Å². The Morgan fingerprint density at radius 2 is 1.87 bits per heavy atom. The van der Waals surface area contributed by atoms with Gasteiger partial charge in [-0.05, 0) is 42.5 Å². The van der Waals surface area contributed by atoms with Gasteiger partial charge in [-0.2, -0.15) is 0 Å². The average Bonchev–Trinajstić information content (AvgIpc) is 2.59. The first-order valence-corrected chi connectivity index (χ1v) is 7.46. The maximum Gasteiger partial charge on any atom is 0.261 e. The van der Waals surface area contributed by atoms with Crippen LogP contribution in [0.4, 0.5) is 5.69 Å². The first-order valence-electron chi connectivity index (χ1n) is 7.05. The Bertz CT molecular complexity index is 1010. The summed E-state index contributed by atoms with van der Waals surface area (Å²) in [7, 11) is 3.33. The molecule has 0 aliphatic carbocycles. The smallest absolute Gasteiger partial charge is 0.261 e. The Kier molecular flexibility index (Phi) is 3.83. The van der Waals surface area contributed by atoms with E-state index in [0.29, 0.717) is 21.2 Å². The molecular formula is C17H15N3O2S. The lowest BCUT2D eigenvalue weighted by Crippen LogP contribution is -2.26. The number of hydrogen-bond donors (Lipinski definition) is 1. The molecule has 1 heterocycles. The quantitative estimate of drug-likeness (QED) is 0.737. The Labute approximate surface area is 137 Å². The van der Waals surface area contributed by atoms with Gasteiger partial charge in [0.25, 0.3) is 11.5 Å². The van der Waals surface area contributed by atoms with Crippen molar-refractivity contribution in [3.05, 3.63) is 69.2 Å². The van der Waals surface area contributed by atoms with Gasteiger partial charge in [0.2, 0.25) is 0 Å². The van der Waals surface area contributed by atoms with E-state index in [1.807, 2.05) is 30.3 Å². The molecule has 0 fully saturated rings. The van der Waals surface area contributed by atoms with Crippen molar-refractivity contribution in [3.8, 4) is 0 Å². The van der Waals surface area contributed by atoms with E-state index in [1.165, 1.54) is 4.57 Å². The molecule has 2 aromatic carbocycles. The molecule has 0 bridgehead atoms. The van der Waals surface area contributed by atoms with Crippen molar-refractivity contribution in [1.82, 2.24) is 9.55 Å². The molecule has 3 rings (SSSR count). The van der Waals surface area contributed by atoms with Gasteiger partial charge in [-0.25, -0.2) is 0 Å². The van der Waals surface area contributed by atoms with E-state index in [9.17, 15) is 9.59 Å². The van der Waals surface area contributed by atoms with E-state index in [4.69, 9.17) is 12.2 Å². The van der Waals surface area contributed by atoms with Gasteiger partial charge in [0.1, 0.15) is 0 Å². The minimum Gasteiger partial charge on any atom is -0.332 e. The number of rotatable bonds is 2. The van der Waals surface area contributed by atoms with Gasteiger partial charge in [-0.1, -0.05) is 18.2 Å². The number of para-hydroxylation sites is 1. The second kappa shape index (κ2) is 5.81. The number of hydrogen-bond acceptors (Lipinski definition) is 3. The third kappa shape index (κ3) is 2.68. The van der Waals surface area contributed by atoms with Crippen molar-refractivity contribution >= 4 is 34.7 Å². The summed E-state index contributed by atoms with van der Waals surface area (Å²) >= 11 is 5.12. The fourth-order valence-electron chi connectivity index (χ4n) is 2.40. The van der Waals surface area contributed by atoms with Crippen LogP contribution in [-0.2, 0) is 7.05 Å². The molecule has 0 saturated heterocycles. The molecule has 0 saturated carbocycles. The second-order valence-corrected chi connectivity index (χ2v) is 5.64. The first-order chi connectivity index (χ1) is 11.0. The number of benzene rings is 2. The molecule has 1 amide bonds. The lowest BCUT2D eigenvalue weighted by atomic mass is 10.1. The van der Waals surface area contributed by atoms with E-state index in [1.54, 1.807) is 37.2 Å². The molecule has 23 heavy (non-hydrogen) atoms. The van der Waals surface area contributed by atoms with Gasteiger partial charge in [-0.3, -0.25) is 14.2 Å². The number of nitrogens with zero attached hydrogens (tertiary/aromatic N) is 2. The molecule has 5 nitrogen and oxygen atoms in total. The molecule has 3 aromatic rings. The normalized spacial score (nSPS) is 10.7. The third-order valence-electron chi connectivity index (χ3n) is 3.80. The zero-order valence-electron chi connectivity index (χ0n) is 12.7. The minimum absolute atomic E-state index is 0.155. The van der Waals surface area contributed by atoms with Crippen LogP contribution in [0.25, 0.3) is 10.9 Å². The summed E-state index contributed by atoms with van der Waals surface area (Å²) in [5.74, 6) is -0.155. The van der Waals surface area contributed by atoms with Gasteiger partial charge < -0.3 is 9.88 Å². The van der Waals surface area contributed by atoms with E-state index < -0.39 is 0 Å². The van der Waals surface area contributed by atoms with Gasteiger partial charge in [0.15, 0.2) is 4.77 Å². The molecule has 6 heteroatoms. The molecular weight excluding hydrogens is 310 g/mol. The molecule has 0 radical (unpaired) electrons. The van der Waals surface area contributed by atoms with Crippen molar-refractivity contribution in [2.45, 2.75) is 0 Å². The lowest BCUT2D eigenvalue weighted by molar-refractivity contribution is 0.0993. The van der Waals surface area contributed by atoms with Crippen LogP contribution in [0, 0.1) is 4.77 Å². The highest BCUT2D eigenvalue weighted by Crippen LogP contribution is 2.17. The van der Waals surface area contributed by atoms with Gasteiger partial charge in [-0.15, -0.1) is 0 Å². The number of carbonyl (C=O) groups is 1. The number of fused-ring (bicyclic) bond motifs is 1. The Hall–Kier alpha value is -2.73. The highest BCUT2D eigenvalue weighted by atomic mass is 32.1. The van der Waals surface area contributed by atoms with Crippen LogP contribution in [0.1, 0.15) is 10.4 Å². The summed E-state index contributed by atoms with van der Waals surface area (Å²) < 4.78 is 1.69. The van der Waals surface area contributed by atoms with Crippen LogP contribution in [0.2, 0.25) is 0 Å². The summed E-state index contributed by atoms with van der Waals surface area (Å²) in [6, 6.07) is 14.3. The van der Waals surface area contributed by atoms with Crippen molar-refractivity contribution in [3.63, 3.8) is 0 Å². The SMILES string of the molecule is CN(C(=O)c1ccc2c(=O)n(C)c(=S)[nH]c2c1)c1ccccc1. The van der Waals surface area contributed by atoms with E-state index >= 15 is 0 Å². The van der Waals surface area contributed by atoms with Gasteiger partial charge in [0.05, 0.1) is 10.9 Å². The highest BCUT2D eigenvalue weighted by Gasteiger charge is 2.14. The van der Waals surface area contributed by atoms with E-state index in [0.717, 1.165) is 5.69 Å². The number of nitrogens with one attached hydrogen (secondary N) is 1. The Morgan fingerprint density at radius 1 is 1.17 bits per heavy atom. The van der Waals surface area contributed by atoms with Crippen molar-refractivity contribution in [2.24, 2.45) is 7.05 Å². The molecule has 0 spiro atoms. The molecule has 0 atom stereocenters. The first kappa shape index (κ1) is 15.2. The summed E-state index contributed by atoms with van der Waals surface area (Å²) in [5, 5.41) is 0.500. The second-order valence-electron chi connectivity index (χ2n) is 5.25. The molecule has 1 aromatic heterocycles. The zero-order chi connectivity index (χ0) is 16.6. The number of anilines is 1. The Balaban J connectivity index is 2.07. The molecule has 0 aliphatic heterocycles. The fourth-order valence-corrected chi connectivity index (χ4v) is 2.59. The minimum atomic E-state index is -0.181. The van der Waals surface area contributed by atoms with Crippen LogP contribution in [0.15, 0.2) is 53.3 Å². The molecule has 0 unspecified atom stereocenters. The van der Waals surface area contributed by atoms with Crippen molar-refractivity contribution < 1.29 is 4.79 Å². The number of amides is 1. The predicted octanol–water partition coefficient (Wildman–Crippen LogP) is 2.87. The highest BCUT2D eigenvalue weighted by molar-refractivity contribution is 7.71. The number of aromatic amines is 1. The lowest BCUT2D eigenvalue weighted by Gasteiger charge is -2.17. The van der Waals surface area contributed by atoms with Crippen LogP contribution in [0.5, 0.6) is 0 Å². The predicted molar refractivity (Wildman–Crippen MR) is 93.5 cm³/mol. The number of H-pyrrole nitrogens is 1. The van der Waals surface area contributed by atoms with Gasteiger partial charge in [0, 0.05) is 25.3 Å². The third-order valence-corrected chi connectivity index (χ3v) is 4.17. The van der Waals surface area contributed by atoms with E-state index in [-0.39, 0.29) is 11.5 Å². The molecule has 0 aliphatic rings. The fraction of sp³-hybridized carbons (Fsp3) is 0.118. The summed E-state index contributed by atoms with van der Waals surface area (Å²) in [5.41, 5.74) is 1.67. The van der Waals surface area contributed by atoms with Crippen LogP contribution in [0.3, 0.4) is 0 Å². The average molecular weight is 325 g/mol. The van der Waals surface area contributed by atoms with E-state index in [2.05, 4.69) is 4.98 Å². The number of carbonyl (C=O) groups excluding carboxylic acids is 1. The largest absolute Gasteiger partial charge is 0.332 e.